The largest absolute Gasteiger partial charge is 0.358 e. The average Bonchev–Trinajstić information content (AvgIpc) is 2.47. The Morgan fingerprint density at radius 1 is 1.37 bits per heavy atom. The van der Waals surface area contributed by atoms with Gasteiger partial charge in [-0.1, -0.05) is 6.07 Å². The fraction of sp³-hybridized carbons (Fsp3) is 0.462. The summed E-state index contributed by atoms with van der Waals surface area (Å²) >= 11 is 0. The molecule has 19 heavy (non-hydrogen) atoms. The minimum atomic E-state index is -0.300. The third-order valence-corrected chi connectivity index (χ3v) is 3.37. The van der Waals surface area contributed by atoms with Gasteiger partial charge in [0, 0.05) is 32.9 Å². The first kappa shape index (κ1) is 13.5. The Balaban J connectivity index is 2.10. The summed E-state index contributed by atoms with van der Waals surface area (Å²) in [6.07, 6.45) is 1.60. The first-order valence-corrected chi connectivity index (χ1v) is 6.25. The monoisotopic (exact) mass is 262 g/mol. The molecule has 0 spiro atoms. The standard InChI is InChI=1S/C13H18N4O2/c1-14-12(18)11-9-17(8-7-16(11)2)13(19)10-5-3-4-6-15-10/h3-6,11H,7-9H2,1-2H3,(H,14,18)/t11-/m1/s1. The predicted octanol–water partition coefficient (Wildman–Crippen LogP) is -0.416. The van der Waals surface area contributed by atoms with E-state index in [1.165, 1.54) is 0 Å². The lowest BCUT2D eigenvalue weighted by Crippen LogP contribution is -2.58. The molecule has 1 aromatic rings. The molecule has 6 nitrogen and oxygen atoms in total. The van der Waals surface area contributed by atoms with Gasteiger partial charge in [0.05, 0.1) is 0 Å². The molecule has 1 aliphatic heterocycles. The highest BCUT2D eigenvalue weighted by molar-refractivity contribution is 5.93. The van der Waals surface area contributed by atoms with Crippen LogP contribution in [-0.4, -0.2) is 66.4 Å². The maximum Gasteiger partial charge on any atom is 0.272 e. The zero-order valence-corrected chi connectivity index (χ0v) is 11.2. The number of hydrogen-bond acceptors (Lipinski definition) is 4. The molecular formula is C13H18N4O2. The summed E-state index contributed by atoms with van der Waals surface area (Å²) in [5, 5.41) is 2.63. The molecule has 0 radical (unpaired) electrons. The molecule has 0 aromatic carbocycles. The third kappa shape index (κ3) is 2.90. The Hall–Kier alpha value is -1.95. The van der Waals surface area contributed by atoms with Crippen molar-refractivity contribution in [2.75, 3.05) is 33.7 Å². The van der Waals surface area contributed by atoms with Crippen LogP contribution in [0.15, 0.2) is 24.4 Å². The average molecular weight is 262 g/mol. The Labute approximate surface area is 112 Å². The molecule has 1 atom stereocenters. The van der Waals surface area contributed by atoms with E-state index in [0.717, 1.165) is 0 Å². The van der Waals surface area contributed by atoms with E-state index >= 15 is 0 Å². The first-order valence-electron chi connectivity index (χ1n) is 6.25. The molecule has 1 N–H and O–H groups in total. The Morgan fingerprint density at radius 2 is 2.16 bits per heavy atom. The number of pyridine rings is 1. The van der Waals surface area contributed by atoms with E-state index in [0.29, 0.717) is 25.3 Å². The van der Waals surface area contributed by atoms with Crippen molar-refractivity contribution in [2.45, 2.75) is 6.04 Å². The highest BCUT2D eigenvalue weighted by Gasteiger charge is 2.32. The van der Waals surface area contributed by atoms with Crippen LogP contribution < -0.4 is 5.32 Å². The Kier molecular flexibility index (Phi) is 4.11. The maximum absolute atomic E-state index is 12.3. The van der Waals surface area contributed by atoms with Gasteiger partial charge in [-0.2, -0.15) is 0 Å². The SMILES string of the molecule is CNC(=O)[C@H]1CN(C(=O)c2ccccn2)CCN1C. The van der Waals surface area contributed by atoms with Crippen LogP contribution in [0.1, 0.15) is 10.5 Å². The summed E-state index contributed by atoms with van der Waals surface area (Å²) in [5.41, 5.74) is 0.419. The first-order chi connectivity index (χ1) is 9.13. The highest BCUT2D eigenvalue weighted by Crippen LogP contribution is 2.11. The number of nitrogens with zero attached hydrogens (tertiary/aromatic N) is 3. The van der Waals surface area contributed by atoms with Gasteiger partial charge in [0.15, 0.2) is 0 Å². The summed E-state index contributed by atoms with van der Waals surface area (Å²) in [5.74, 6) is -0.191. The molecule has 2 heterocycles. The number of carbonyl (C=O) groups excluding carboxylic acids is 2. The van der Waals surface area contributed by atoms with Crippen LogP contribution in [0.3, 0.4) is 0 Å². The molecule has 0 saturated carbocycles. The Morgan fingerprint density at radius 3 is 2.79 bits per heavy atom. The summed E-state index contributed by atoms with van der Waals surface area (Å²) in [6.45, 7) is 1.68. The lowest BCUT2D eigenvalue weighted by Gasteiger charge is -2.38. The van der Waals surface area contributed by atoms with Gasteiger partial charge in [-0.25, -0.2) is 0 Å². The molecule has 102 valence electrons. The van der Waals surface area contributed by atoms with Crippen molar-refractivity contribution in [1.82, 2.24) is 20.1 Å². The van der Waals surface area contributed by atoms with Crippen LogP contribution in [0.25, 0.3) is 0 Å². The molecule has 0 unspecified atom stereocenters. The van der Waals surface area contributed by atoms with Crippen LogP contribution in [-0.2, 0) is 4.79 Å². The van der Waals surface area contributed by atoms with E-state index in [1.54, 1.807) is 36.3 Å². The summed E-state index contributed by atoms with van der Waals surface area (Å²) in [6, 6.07) is 4.95. The molecule has 6 heteroatoms. The number of aromatic nitrogens is 1. The molecule has 0 bridgehead atoms. The van der Waals surface area contributed by atoms with Crippen LogP contribution in [0.4, 0.5) is 0 Å². The van der Waals surface area contributed by atoms with Crippen LogP contribution >= 0.6 is 0 Å². The van der Waals surface area contributed by atoms with Crippen molar-refractivity contribution in [3.05, 3.63) is 30.1 Å². The van der Waals surface area contributed by atoms with E-state index in [9.17, 15) is 9.59 Å². The van der Waals surface area contributed by atoms with Gasteiger partial charge in [-0.3, -0.25) is 19.5 Å². The molecule has 0 aliphatic carbocycles. The van der Waals surface area contributed by atoms with Crippen LogP contribution in [0, 0.1) is 0 Å². The van der Waals surface area contributed by atoms with E-state index in [4.69, 9.17) is 0 Å². The van der Waals surface area contributed by atoms with E-state index < -0.39 is 0 Å². The summed E-state index contributed by atoms with van der Waals surface area (Å²) in [7, 11) is 3.50. The fourth-order valence-electron chi connectivity index (χ4n) is 2.16. The van der Waals surface area contributed by atoms with E-state index in [2.05, 4.69) is 10.3 Å². The topological polar surface area (TPSA) is 65.5 Å². The normalized spacial score (nSPS) is 20.1. The van der Waals surface area contributed by atoms with Gasteiger partial charge in [0.25, 0.3) is 5.91 Å². The van der Waals surface area contributed by atoms with E-state index in [-0.39, 0.29) is 17.9 Å². The third-order valence-electron chi connectivity index (χ3n) is 3.37. The van der Waals surface area contributed by atoms with Gasteiger partial charge < -0.3 is 10.2 Å². The minimum Gasteiger partial charge on any atom is -0.358 e. The summed E-state index contributed by atoms with van der Waals surface area (Å²) in [4.78, 5) is 31.8. The summed E-state index contributed by atoms with van der Waals surface area (Å²) < 4.78 is 0. The second-order valence-electron chi connectivity index (χ2n) is 4.58. The lowest BCUT2D eigenvalue weighted by atomic mass is 10.1. The fourth-order valence-corrected chi connectivity index (χ4v) is 2.16. The molecular weight excluding hydrogens is 244 g/mol. The van der Waals surface area contributed by atoms with Gasteiger partial charge in [-0.05, 0) is 19.2 Å². The van der Waals surface area contributed by atoms with E-state index in [1.807, 2.05) is 11.9 Å². The van der Waals surface area contributed by atoms with Gasteiger partial charge in [-0.15, -0.1) is 0 Å². The van der Waals surface area contributed by atoms with Crippen molar-refractivity contribution in [3.8, 4) is 0 Å². The van der Waals surface area contributed by atoms with Crippen LogP contribution in [0.5, 0.6) is 0 Å². The van der Waals surface area contributed by atoms with Crippen molar-refractivity contribution < 1.29 is 9.59 Å². The molecule has 1 saturated heterocycles. The number of hydrogen-bond donors (Lipinski definition) is 1. The second-order valence-corrected chi connectivity index (χ2v) is 4.58. The van der Waals surface area contributed by atoms with Gasteiger partial charge in [0.2, 0.25) is 5.91 Å². The maximum atomic E-state index is 12.3. The number of carbonyl (C=O) groups is 2. The van der Waals surface area contributed by atoms with Crippen LogP contribution in [0.2, 0.25) is 0 Å². The number of piperazine rings is 1. The number of rotatable bonds is 2. The second kappa shape index (κ2) is 5.79. The highest BCUT2D eigenvalue weighted by atomic mass is 16.2. The molecule has 2 amide bonds. The van der Waals surface area contributed by atoms with Gasteiger partial charge >= 0.3 is 0 Å². The van der Waals surface area contributed by atoms with Crippen molar-refractivity contribution in [3.63, 3.8) is 0 Å². The number of amides is 2. The van der Waals surface area contributed by atoms with Crippen molar-refractivity contribution in [1.29, 1.82) is 0 Å². The lowest BCUT2D eigenvalue weighted by molar-refractivity contribution is -0.127. The zero-order chi connectivity index (χ0) is 13.8. The quantitative estimate of drug-likeness (QED) is 0.786. The Bertz CT molecular complexity index is 463. The number of likely N-dealkylation sites (N-methyl/N-ethyl adjacent to an activating group) is 2. The molecule has 2 rings (SSSR count). The van der Waals surface area contributed by atoms with Crippen molar-refractivity contribution >= 4 is 11.8 Å². The van der Waals surface area contributed by atoms with Gasteiger partial charge in [0.1, 0.15) is 11.7 Å². The molecule has 1 fully saturated rings. The predicted molar refractivity (Wildman–Crippen MR) is 70.6 cm³/mol. The zero-order valence-electron chi connectivity index (χ0n) is 11.2. The van der Waals surface area contributed by atoms with Crippen molar-refractivity contribution in [2.24, 2.45) is 0 Å². The molecule has 1 aliphatic rings. The number of nitrogens with one attached hydrogen (secondary N) is 1. The smallest absolute Gasteiger partial charge is 0.272 e. The minimum absolute atomic E-state index is 0.0685. The molecule has 1 aromatic heterocycles.